The van der Waals surface area contributed by atoms with Gasteiger partial charge in [-0.1, -0.05) is 0 Å². The summed E-state index contributed by atoms with van der Waals surface area (Å²) in [4.78, 5) is 12.9. The SMILES string of the molecule is C[C@@H]1CN(Cc2cc(C(=O)O)co2)C[C@H](C)O1. The first-order chi connectivity index (χ1) is 8.04. The minimum absolute atomic E-state index is 0.202. The summed E-state index contributed by atoms with van der Waals surface area (Å²) in [5.74, 6) is -0.271. The van der Waals surface area contributed by atoms with E-state index in [-0.39, 0.29) is 17.8 Å². The van der Waals surface area contributed by atoms with Crippen LogP contribution in [0.15, 0.2) is 16.7 Å². The van der Waals surface area contributed by atoms with E-state index >= 15 is 0 Å². The Morgan fingerprint density at radius 3 is 2.65 bits per heavy atom. The zero-order valence-corrected chi connectivity index (χ0v) is 10.0. The Morgan fingerprint density at radius 1 is 1.47 bits per heavy atom. The molecule has 1 aliphatic rings. The Bertz CT molecular complexity index is 391. The maximum Gasteiger partial charge on any atom is 0.338 e. The van der Waals surface area contributed by atoms with Gasteiger partial charge < -0.3 is 14.3 Å². The topological polar surface area (TPSA) is 62.9 Å². The van der Waals surface area contributed by atoms with E-state index in [0.29, 0.717) is 12.3 Å². The van der Waals surface area contributed by atoms with Crippen LogP contribution >= 0.6 is 0 Å². The molecule has 0 bridgehead atoms. The van der Waals surface area contributed by atoms with Gasteiger partial charge in [0, 0.05) is 13.1 Å². The molecule has 1 aliphatic heterocycles. The highest BCUT2D eigenvalue weighted by molar-refractivity contribution is 5.87. The van der Waals surface area contributed by atoms with Crippen LogP contribution in [0.5, 0.6) is 0 Å². The van der Waals surface area contributed by atoms with E-state index in [1.165, 1.54) is 6.26 Å². The Hall–Kier alpha value is -1.33. The zero-order valence-electron chi connectivity index (χ0n) is 10.0. The van der Waals surface area contributed by atoms with Crippen LogP contribution in [0.25, 0.3) is 0 Å². The van der Waals surface area contributed by atoms with E-state index in [4.69, 9.17) is 14.3 Å². The van der Waals surface area contributed by atoms with Crippen molar-refractivity contribution in [3.63, 3.8) is 0 Å². The fourth-order valence-electron chi connectivity index (χ4n) is 2.21. The van der Waals surface area contributed by atoms with Gasteiger partial charge in [0.1, 0.15) is 12.0 Å². The van der Waals surface area contributed by atoms with Gasteiger partial charge >= 0.3 is 5.97 Å². The normalized spacial score (nSPS) is 26.0. The minimum atomic E-state index is -0.955. The number of nitrogens with zero attached hydrogens (tertiary/aromatic N) is 1. The molecule has 5 nitrogen and oxygen atoms in total. The molecule has 0 aliphatic carbocycles. The van der Waals surface area contributed by atoms with Crippen molar-refractivity contribution >= 4 is 5.97 Å². The average Bonchev–Trinajstić information content (AvgIpc) is 2.64. The van der Waals surface area contributed by atoms with Crippen LogP contribution in [0.4, 0.5) is 0 Å². The van der Waals surface area contributed by atoms with Crippen LogP contribution in [0.3, 0.4) is 0 Å². The van der Waals surface area contributed by atoms with Crippen LogP contribution in [-0.4, -0.2) is 41.3 Å². The van der Waals surface area contributed by atoms with Crippen LogP contribution in [-0.2, 0) is 11.3 Å². The number of carboxylic acids is 1. The number of rotatable bonds is 3. The quantitative estimate of drug-likeness (QED) is 0.867. The maximum absolute atomic E-state index is 10.7. The van der Waals surface area contributed by atoms with Crippen LogP contribution < -0.4 is 0 Å². The molecule has 0 aromatic carbocycles. The summed E-state index contributed by atoms with van der Waals surface area (Å²) in [7, 11) is 0. The molecule has 0 amide bonds. The van der Waals surface area contributed by atoms with Crippen LogP contribution in [0.2, 0.25) is 0 Å². The highest BCUT2D eigenvalue weighted by Crippen LogP contribution is 2.16. The Kier molecular flexibility index (Phi) is 3.49. The standard InChI is InChI=1S/C12H17NO4/c1-8-4-13(5-9(2)17-8)6-11-3-10(7-16-11)12(14)15/h3,7-9H,4-6H2,1-2H3,(H,14,15)/t8-,9+. The number of ether oxygens (including phenoxy) is 1. The summed E-state index contributed by atoms with van der Waals surface area (Å²) in [5.41, 5.74) is 0.203. The summed E-state index contributed by atoms with van der Waals surface area (Å²) in [6.07, 6.45) is 1.69. The van der Waals surface area contributed by atoms with Gasteiger partial charge in [0.2, 0.25) is 0 Å². The molecule has 1 fully saturated rings. The fraction of sp³-hybridized carbons (Fsp3) is 0.583. The van der Waals surface area contributed by atoms with Gasteiger partial charge in [-0.05, 0) is 19.9 Å². The number of aromatic carboxylic acids is 1. The second-order valence-corrected chi connectivity index (χ2v) is 4.56. The lowest BCUT2D eigenvalue weighted by Gasteiger charge is -2.34. The van der Waals surface area contributed by atoms with Crippen LogP contribution in [0.1, 0.15) is 30.0 Å². The molecule has 0 saturated carbocycles. The Balaban J connectivity index is 1.97. The second kappa shape index (κ2) is 4.89. The smallest absolute Gasteiger partial charge is 0.338 e. The summed E-state index contributed by atoms with van der Waals surface area (Å²) < 4.78 is 10.9. The predicted molar refractivity (Wildman–Crippen MR) is 61.0 cm³/mol. The summed E-state index contributed by atoms with van der Waals surface area (Å²) in [6, 6.07) is 1.58. The molecular weight excluding hydrogens is 222 g/mol. The first-order valence-electron chi connectivity index (χ1n) is 5.73. The molecular formula is C12H17NO4. The molecule has 2 atom stereocenters. The average molecular weight is 239 g/mol. The third-order valence-corrected chi connectivity index (χ3v) is 2.78. The van der Waals surface area contributed by atoms with Gasteiger partial charge in [-0.2, -0.15) is 0 Å². The summed E-state index contributed by atoms with van der Waals surface area (Å²) in [6.45, 7) is 6.38. The van der Waals surface area contributed by atoms with E-state index in [2.05, 4.69) is 4.90 Å². The molecule has 1 aromatic heterocycles. The fourth-order valence-corrected chi connectivity index (χ4v) is 2.21. The summed E-state index contributed by atoms with van der Waals surface area (Å²) in [5, 5.41) is 8.79. The van der Waals surface area contributed by atoms with Crippen molar-refractivity contribution in [2.75, 3.05) is 13.1 Å². The van der Waals surface area contributed by atoms with Gasteiger partial charge in [-0.25, -0.2) is 4.79 Å². The lowest BCUT2D eigenvalue weighted by Crippen LogP contribution is -2.44. The van der Waals surface area contributed by atoms with Gasteiger partial charge in [0.05, 0.1) is 24.3 Å². The molecule has 2 rings (SSSR count). The van der Waals surface area contributed by atoms with Crippen molar-refractivity contribution in [2.45, 2.75) is 32.6 Å². The number of hydrogen-bond donors (Lipinski definition) is 1. The molecule has 0 radical (unpaired) electrons. The first kappa shape index (κ1) is 12.1. The highest BCUT2D eigenvalue weighted by atomic mass is 16.5. The number of carbonyl (C=O) groups is 1. The highest BCUT2D eigenvalue weighted by Gasteiger charge is 2.23. The third-order valence-electron chi connectivity index (χ3n) is 2.78. The first-order valence-corrected chi connectivity index (χ1v) is 5.73. The molecule has 17 heavy (non-hydrogen) atoms. The lowest BCUT2D eigenvalue weighted by atomic mass is 10.2. The molecule has 0 spiro atoms. The van der Waals surface area contributed by atoms with E-state index in [9.17, 15) is 4.79 Å². The van der Waals surface area contributed by atoms with Gasteiger partial charge in [0.25, 0.3) is 0 Å². The van der Waals surface area contributed by atoms with Crippen molar-refractivity contribution in [3.8, 4) is 0 Å². The number of hydrogen-bond acceptors (Lipinski definition) is 4. The van der Waals surface area contributed by atoms with Crippen LogP contribution in [0, 0.1) is 0 Å². The van der Waals surface area contributed by atoms with Crippen molar-refractivity contribution in [1.82, 2.24) is 4.90 Å². The van der Waals surface area contributed by atoms with Crippen molar-refractivity contribution in [2.24, 2.45) is 0 Å². The zero-order chi connectivity index (χ0) is 12.4. The molecule has 94 valence electrons. The van der Waals surface area contributed by atoms with E-state index in [1.807, 2.05) is 13.8 Å². The third kappa shape index (κ3) is 3.08. The largest absolute Gasteiger partial charge is 0.478 e. The van der Waals surface area contributed by atoms with E-state index in [1.54, 1.807) is 6.07 Å². The van der Waals surface area contributed by atoms with E-state index in [0.717, 1.165) is 13.1 Å². The number of carboxylic acid groups (broad SMARTS) is 1. The maximum atomic E-state index is 10.7. The Labute approximate surface area is 100.0 Å². The second-order valence-electron chi connectivity index (χ2n) is 4.56. The predicted octanol–water partition coefficient (Wildman–Crippen LogP) is 1.59. The minimum Gasteiger partial charge on any atom is -0.478 e. The Morgan fingerprint density at radius 2 is 2.12 bits per heavy atom. The molecule has 0 unspecified atom stereocenters. The molecule has 5 heteroatoms. The summed E-state index contributed by atoms with van der Waals surface area (Å²) >= 11 is 0. The number of furan rings is 1. The van der Waals surface area contributed by atoms with Crippen molar-refractivity contribution < 1.29 is 19.1 Å². The monoisotopic (exact) mass is 239 g/mol. The van der Waals surface area contributed by atoms with Gasteiger partial charge in [0.15, 0.2) is 0 Å². The molecule has 1 aromatic rings. The van der Waals surface area contributed by atoms with Gasteiger partial charge in [-0.15, -0.1) is 0 Å². The molecule has 2 heterocycles. The van der Waals surface area contributed by atoms with Gasteiger partial charge in [-0.3, -0.25) is 4.90 Å². The van der Waals surface area contributed by atoms with Crippen molar-refractivity contribution in [3.05, 3.63) is 23.7 Å². The lowest BCUT2D eigenvalue weighted by molar-refractivity contribution is -0.0718. The molecule has 1 saturated heterocycles. The number of morpholine rings is 1. The van der Waals surface area contributed by atoms with E-state index < -0.39 is 5.97 Å². The molecule has 1 N–H and O–H groups in total. The van der Waals surface area contributed by atoms with Crippen molar-refractivity contribution in [1.29, 1.82) is 0 Å².